The second-order valence-corrected chi connectivity index (χ2v) is 7.91. The third kappa shape index (κ3) is 2.98. The van der Waals surface area contributed by atoms with Crippen LogP contribution in [0.25, 0.3) is 11.0 Å². The molecule has 0 spiro atoms. The highest BCUT2D eigenvalue weighted by molar-refractivity contribution is 7.89. The molecule has 1 aliphatic rings. The van der Waals surface area contributed by atoms with Crippen LogP contribution in [0.4, 0.5) is 0 Å². The molecule has 0 fully saturated rings. The number of nitrogens with one attached hydrogen (secondary N) is 1. The minimum Gasteiger partial charge on any atom is -0.493 e. The van der Waals surface area contributed by atoms with Gasteiger partial charge in [0.05, 0.1) is 12.1 Å². The number of para-hydroxylation sites is 1. The average molecular weight is 358 g/mol. The standard InChI is InChI=1S/C17H18N4O3S/c1-21-14-6-4-8-16(17(14)19-20-21)25(22,23)18-10-12-9-13-5-2-3-7-15(13)24-11-12/h2-8,12,18H,9-11H2,1H3/t12-/m1/s1. The molecule has 0 saturated carbocycles. The largest absolute Gasteiger partial charge is 0.493 e. The van der Waals surface area contributed by atoms with Gasteiger partial charge in [0.25, 0.3) is 0 Å². The zero-order chi connectivity index (χ0) is 17.4. The Bertz CT molecular complexity index is 1030. The van der Waals surface area contributed by atoms with Crippen molar-refractivity contribution in [2.45, 2.75) is 11.3 Å². The number of hydrogen-bond donors (Lipinski definition) is 1. The maximum absolute atomic E-state index is 12.7. The number of benzene rings is 2. The SMILES string of the molecule is Cn1nnc2c(S(=O)(=O)NC[C@@H]3COc4ccccc4C3)cccc21. The topological polar surface area (TPSA) is 86.1 Å². The monoisotopic (exact) mass is 358 g/mol. The van der Waals surface area contributed by atoms with Gasteiger partial charge in [-0.1, -0.05) is 29.5 Å². The van der Waals surface area contributed by atoms with Crippen LogP contribution in [0.3, 0.4) is 0 Å². The highest BCUT2D eigenvalue weighted by atomic mass is 32.2. The number of fused-ring (bicyclic) bond motifs is 2. The highest BCUT2D eigenvalue weighted by Gasteiger charge is 2.24. The summed E-state index contributed by atoms with van der Waals surface area (Å²) in [4.78, 5) is 0.148. The quantitative estimate of drug-likeness (QED) is 0.764. The molecule has 130 valence electrons. The molecular weight excluding hydrogens is 340 g/mol. The summed E-state index contributed by atoms with van der Waals surface area (Å²) in [6, 6.07) is 12.9. The smallest absolute Gasteiger partial charge is 0.242 e. The van der Waals surface area contributed by atoms with Gasteiger partial charge in [-0.25, -0.2) is 17.8 Å². The van der Waals surface area contributed by atoms with Crippen molar-refractivity contribution < 1.29 is 13.2 Å². The number of rotatable bonds is 4. The van der Waals surface area contributed by atoms with Gasteiger partial charge in [-0.3, -0.25) is 0 Å². The molecule has 3 aromatic rings. The third-order valence-electron chi connectivity index (χ3n) is 4.41. The Hall–Kier alpha value is -2.45. The molecule has 0 amide bonds. The summed E-state index contributed by atoms with van der Waals surface area (Å²) in [5.41, 5.74) is 2.16. The van der Waals surface area contributed by atoms with Crippen LogP contribution >= 0.6 is 0 Å². The fourth-order valence-corrected chi connectivity index (χ4v) is 4.34. The molecule has 0 unspecified atom stereocenters. The second kappa shape index (κ2) is 6.12. The van der Waals surface area contributed by atoms with Gasteiger partial charge in [-0.05, 0) is 30.2 Å². The molecular formula is C17H18N4O3S. The second-order valence-electron chi connectivity index (χ2n) is 6.18. The molecule has 8 heteroatoms. The van der Waals surface area contributed by atoms with E-state index in [-0.39, 0.29) is 10.8 Å². The van der Waals surface area contributed by atoms with Gasteiger partial charge in [-0.2, -0.15) is 0 Å². The van der Waals surface area contributed by atoms with Crippen LogP contribution in [-0.2, 0) is 23.5 Å². The van der Waals surface area contributed by atoms with Gasteiger partial charge >= 0.3 is 0 Å². The first-order chi connectivity index (χ1) is 12.0. The molecule has 2 heterocycles. The van der Waals surface area contributed by atoms with Crippen LogP contribution in [0.1, 0.15) is 5.56 Å². The van der Waals surface area contributed by atoms with Crippen molar-refractivity contribution in [3.8, 4) is 5.75 Å². The van der Waals surface area contributed by atoms with Crippen molar-refractivity contribution in [2.75, 3.05) is 13.2 Å². The first-order valence-electron chi connectivity index (χ1n) is 8.03. The lowest BCUT2D eigenvalue weighted by molar-refractivity contribution is 0.223. The number of aromatic nitrogens is 3. The van der Waals surface area contributed by atoms with Gasteiger partial charge in [0.1, 0.15) is 16.2 Å². The summed E-state index contributed by atoms with van der Waals surface area (Å²) in [7, 11) is -1.94. The summed E-state index contributed by atoms with van der Waals surface area (Å²) < 4.78 is 35.4. The molecule has 2 aromatic carbocycles. The molecule has 0 saturated heterocycles. The number of nitrogens with zero attached hydrogens (tertiary/aromatic N) is 3. The fraction of sp³-hybridized carbons (Fsp3) is 0.294. The average Bonchev–Trinajstić information content (AvgIpc) is 3.01. The number of sulfonamides is 1. The van der Waals surface area contributed by atoms with Crippen molar-refractivity contribution in [1.82, 2.24) is 19.7 Å². The molecule has 1 N–H and O–H groups in total. The molecule has 1 atom stereocenters. The zero-order valence-electron chi connectivity index (χ0n) is 13.7. The molecule has 1 aromatic heterocycles. The van der Waals surface area contributed by atoms with Gasteiger partial charge < -0.3 is 4.74 Å². The molecule has 0 bridgehead atoms. The predicted octanol–water partition coefficient (Wildman–Crippen LogP) is 1.50. The first-order valence-corrected chi connectivity index (χ1v) is 9.52. The van der Waals surface area contributed by atoms with Crippen molar-refractivity contribution in [2.24, 2.45) is 13.0 Å². The van der Waals surface area contributed by atoms with Crippen LogP contribution in [0.2, 0.25) is 0 Å². The van der Waals surface area contributed by atoms with E-state index >= 15 is 0 Å². The Morgan fingerprint density at radius 2 is 2.08 bits per heavy atom. The van der Waals surface area contributed by atoms with E-state index in [1.807, 2.05) is 24.3 Å². The lowest BCUT2D eigenvalue weighted by Gasteiger charge is -2.25. The van der Waals surface area contributed by atoms with Crippen LogP contribution < -0.4 is 9.46 Å². The number of hydrogen-bond acceptors (Lipinski definition) is 5. The summed E-state index contributed by atoms with van der Waals surface area (Å²) in [6.07, 6.45) is 0.786. The molecule has 7 nitrogen and oxygen atoms in total. The van der Waals surface area contributed by atoms with Crippen LogP contribution in [0.15, 0.2) is 47.4 Å². The third-order valence-corrected chi connectivity index (χ3v) is 5.87. The van der Waals surface area contributed by atoms with E-state index in [0.717, 1.165) is 17.7 Å². The van der Waals surface area contributed by atoms with Crippen molar-refractivity contribution in [3.63, 3.8) is 0 Å². The Morgan fingerprint density at radius 1 is 1.24 bits per heavy atom. The van der Waals surface area contributed by atoms with E-state index in [9.17, 15) is 8.42 Å². The van der Waals surface area contributed by atoms with E-state index in [4.69, 9.17) is 4.74 Å². The fourth-order valence-electron chi connectivity index (χ4n) is 3.08. The van der Waals surface area contributed by atoms with E-state index in [0.29, 0.717) is 24.2 Å². The van der Waals surface area contributed by atoms with Crippen molar-refractivity contribution in [1.29, 1.82) is 0 Å². The Balaban J connectivity index is 1.52. The van der Waals surface area contributed by atoms with E-state index in [1.54, 1.807) is 29.9 Å². The number of ether oxygens (including phenoxy) is 1. The van der Waals surface area contributed by atoms with Crippen molar-refractivity contribution in [3.05, 3.63) is 48.0 Å². The molecule has 0 radical (unpaired) electrons. The summed E-state index contributed by atoms with van der Waals surface area (Å²) in [5.74, 6) is 0.969. The lowest BCUT2D eigenvalue weighted by atomic mass is 9.97. The zero-order valence-corrected chi connectivity index (χ0v) is 14.5. The normalized spacial score (nSPS) is 17.2. The molecule has 1 aliphatic heterocycles. The van der Waals surface area contributed by atoms with Gasteiger partial charge in [-0.15, -0.1) is 5.10 Å². The summed E-state index contributed by atoms with van der Waals surface area (Å²) in [5, 5.41) is 7.88. The summed E-state index contributed by atoms with van der Waals surface area (Å²) >= 11 is 0. The Morgan fingerprint density at radius 3 is 2.96 bits per heavy atom. The van der Waals surface area contributed by atoms with E-state index in [1.165, 1.54) is 0 Å². The minimum atomic E-state index is -3.67. The summed E-state index contributed by atoms with van der Waals surface area (Å²) in [6.45, 7) is 0.808. The maximum atomic E-state index is 12.7. The van der Waals surface area contributed by atoms with Crippen LogP contribution in [0.5, 0.6) is 5.75 Å². The van der Waals surface area contributed by atoms with Crippen LogP contribution in [0, 0.1) is 5.92 Å². The van der Waals surface area contributed by atoms with E-state index < -0.39 is 10.0 Å². The van der Waals surface area contributed by atoms with Crippen molar-refractivity contribution >= 4 is 21.1 Å². The molecule has 0 aliphatic carbocycles. The maximum Gasteiger partial charge on any atom is 0.242 e. The van der Waals surface area contributed by atoms with Gasteiger partial charge in [0, 0.05) is 19.5 Å². The highest BCUT2D eigenvalue weighted by Crippen LogP contribution is 2.27. The predicted molar refractivity (Wildman–Crippen MR) is 92.8 cm³/mol. The molecule has 4 rings (SSSR count). The lowest BCUT2D eigenvalue weighted by Crippen LogP contribution is -2.34. The Kier molecular flexibility index (Phi) is 3.93. The van der Waals surface area contributed by atoms with Gasteiger partial charge in [0.15, 0.2) is 0 Å². The molecule has 25 heavy (non-hydrogen) atoms. The van der Waals surface area contributed by atoms with Crippen LogP contribution in [-0.4, -0.2) is 36.6 Å². The minimum absolute atomic E-state index is 0.0886. The Labute approximate surface area is 145 Å². The first kappa shape index (κ1) is 16.0. The number of aryl methyl sites for hydroxylation is 1. The van der Waals surface area contributed by atoms with Gasteiger partial charge in [0.2, 0.25) is 10.0 Å². The van der Waals surface area contributed by atoms with E-state index in [2.05, 4.69) is 15.0 Å².